The first kappa shape index (κ1) is 7.49. The third-order valence-corrected chi connectivity index (χ3v) is 2.62. The van der Waals surface area contributed by atoms with E-state index >= 15 is 0 Å². The van der Waals surface area contributed by atoms with Crippen molar-refractivity contribution in [2.24, 2.45) is 0 Å². The standard InChI is InChI=1S/C8H8N2OS.H2/c1-2-5-3-9-4-6-7(5)10-8(11)12-6;/h3-4H,2H2,1H3,(H,10,11);1H. The fraction of sp³-hybridized carbons (Fsp3) is 0.250. The Morgan fingerprint density at radius 1 is 1.67 bits per heavy atom. The Kier molecular flexibility index (Phi) is 1.69. The first-order chi connectivity index (χ1) is 5.81. The van der Waals surface area contributed by atoms with E-state index in [4.69, 9.17) is 0 Å². The first-order valence-electron chi connectivity index (χ1n) is 3.77. The minimum atomic E-state index is -0.00676. The van der Waals surface area contributed by atoms with Crippen LogP contribution >= 0.6 is 11.3 Å². The van der Waals surface area contributed by atoms with Gasteiger partial charge >= 0.3 is 4.87 Å². The lowest BCUT2D eigenvalue weighted by Gasteiger charge is -1.95. The number of H-pyrrole nitrogens is 1. The summed E-state index contributed by atoms with van der Waals surface area (Å²) in [6.07, 6.45) is 4.42. The zero-order valence-corrected chi connectivity index (χ0v) is 7.44. The van der Waals surface area contributed by atoms with Gasteiger partial charge in [0.2, 0.25) is 0 Å². The Bertz CT molecular complexity index is 462. The van der Waals surface area contributed by atoms with E-state index in [-0.39, 0.29) is 6.30 Å². The molecule has 0 radical (unpaired) electrons. The van der Waals surface area contributed by atoms with Crippen molar-refractivity contribution < 1.29 is 1.43 Å². The molecular formula is C8H10N2OS. The molecule has 64 valence electrons. The van der Waals surface area contributed by atoms with Gasteiger partial charge in [-0.2, -0.15) is 0 Å². The van der Waals surface area contributed by atoms with Crippen LogP contribution in [0, 0.1) is 0 Å². The molecule has 0 amide bonds. The number of nitrogens with one attached hydrogen (secondary N) is 1. The Labute approximate surface area is 74.6 Å². The van der Waals surface area contributed by atoms with Crippen LogP contribution in [0.1, 0.15) is 13.9 Å². The molecule has 2 rings (SSSR count). The van der Waals surface area contributed by atoms with Crippen molar-refractivity contribution >= 4 is 21.6 Å². The van der Waals surface area contributed by atoms with Crippen molar-refractivity contribution in [1.82, 2.24) is 9.97 Å². The van der Waals surface area contributed by atoms with Crippen molar-refractivity contribution in [3.63, 3.8) is 0 Å². The van der Waals surface area contributed by atoms with Crippen LogP contribution in [0.3, 0.4) is 0 Å². The molecule has 2 aromatic heterocycles. The minimum absolute atomic E-state index is 0. The largest absolute Gasteiger partial charge is 0.312 e. The summed E-state index contributed by atoms with van der Waals surface area (Å²) in [7, 11) is 0. The average molecular weight is 182 g/mol. The molecule has 0 aliphatic carbocycles. The smallest absolute Gasteiger partial charge is 0.305 e. The number of fused-ring (bicyclic) bond motifs is 1. The number of aryl methyl sites for hydroxylation is 1. The van der Waals surface area contributed by atoms with Crippen LogP contribution in [0.25, 0.3) is 10.2 Å². The maximum atomic E-state index is 11.0. The van der Waals surface area contributed by atoms with Crippen LogP contribution in [0.15, 0.2) is 17.2 Å². The molecule has 0 saturated heterocycles. The highest BCUT2D eigenvalue weighted by Gasteiger charge is 2.02. The number of nitrogens with zero attached hydrogens (tertiary/aromatic N) is 1. The van der Waals surface area contributed by atoms with Crippen LogP contribution < -0.4 is 4.87 Å². The molecule has 0 aromatic carbocycles. The third-order valence-electron chi connectivity index (χ3n) is 1.80. The first-order valence-corrected chi connectivity index (χ1v) is 4.58. The Morgan fingerprint density at radius 3 is 3.25 bits per heavy atom. The monoisotopic (exact) mass is 182 g/mol. The highest BCUT2D eigenvalue weighted by atomic mass is 32.1. The van der Waals surface area contributed by atoms with Crippen molar-refractivity contribution in [2.45, 2.75) is 13.3 Å². The predicted molar refractivity (Wildman–Crippen MR) is 51.7 cm³/mol. The van der Waals surface area contributed by atoms with Crippen molar-refractivity contribution in [3.05, 3.63) is 27.6 Å². The Morgan fingerprint density at radius 2 is 2.50 bits per heavy atom. The van der Waals surface area contributed by atoms with E-state index in [1.54, 1.807) is 12.4 Å². The van der Waals surface area contributed by atoms with Crippen LogP contribution in [0.5, 0.6) is 0 Å². The zero-order chi connectivity index (χ0) is 8.55. The molecule has 0 atom stereocenters. The number of hydrogen-bond acceptors (Lipinski definition) is 3. The predicted octanol–water partition coefficient (Wildman–Crippen LogP) is 1.79. The summed E-state index contributed by atoms with van der Waals surface area (Å²) < 4.78 is 0.944. The second kappa shape index (κ2) is 2.71. The third kappa shape index (κ3) is 1.04. The molecule has 2 aromatic rings. The average Bonchev–Trinajstić information content (AvgIpc) is 2.44. The molecular weight excluding hydrogens is 172 g/mol. The van der Waals surface area contributed by atoms with E-state index in [9.17, 15) is 4.79 Å². The van der Waals surface area contributed by atoms with Gasteiger partial charge in [0.15, 0.2) is 0 Å². The van der Waals surface area contributed by atoms with Crippen molar-refractivity contribution in [1.29, 1.82) is 0 Å². The fourth-order valence-electron chi connectivity index (χ4n) is 1.20. The van der Waals surface area contributed by atoms with E-state index in [1.165, 1.54) is 11.3 Å². The maximum Gasteiger partial charge on any atom is 0.305 e. The summed E-state index contributed by atoms with van der Waals surface area (Å²) in [6, 6.07) is 0. The second-order valence-corrected chi connectivity index (χ2v) is 3.55. The lowest BCUT2D eigenvalue weighted by molar-refractivity contribution is 1.12. The summed E-state index contributed by atoms with van der Waals surface area (Å²) in [5.74, 6) is 0. The minimum Gasteiger partial charge on any atom is -0.312 e. The van der Waals surface area contributed by atoms with Gasteiger partial charge in [0.25, 0.3) is 0 Å². The van der Waals surface area contributed by atoms with Crippen LogP contribution in [-0.2, 0) is 6.42 Å². The normalized spacial score (nSPS) is 10.8. The van der Waals surface area contributed by atoms with Gasteiger partial charge in [-0.3, -0.25) is 9.78 Å². The van der Waals surface area contributed by atoms with Crippen LogP contribution in [-0.4, -0.2) is 9.97 Å². The summed E-state index contributed by atoms with van der Waals surface area (Å²) in [6.45, 7) is 2.05. The van der Waals surface area contributed by atoms with E-state index in [1.807, 2.05) is 6.92 Å². The summed E-state index contributed by atoms with van der Waals surface area (Å²) in [5, 5.41) is 0. The van der Waals surface area contributed by atoms with Gasteiger partial charge in [0.1, 0.15) is 0 Å². The quantitative estimate of drug-likeness (QED) is 0.730. The number of thiazole rings is 1. The second-order valence-electron chi connectivity index (χ2n) is 2.54. The van der Waals surface area contributed by atoms with E-state index in [0.29, 0.717) is 0 Å². The van der Waals surface area contributed by atoms with E-state index in [2.05, 4.69) is 9.97 Å². The molecule has 1 N–H and O–H groups in total. The van der Waals surface area contributed by atoms with Gasteiger partial charge in [-0.05, 0) is 12.0 Å². The van der Waals surface area contributed by atoms with Crippen LogP contribution in [0.2, 0.25) is 0 Å². The van der Waals surface area contributed by atoms with Gasteiger partial charge < -0.3 is 4.98 Å². The highest BCUT2D eigenvalue weighted by molar-refractivity contribution is 7.16. The summed E-state index contributed by atoms with van der Waals surface area (Å²) in [5.41, 5.74) is 2.05. The topological polar surface area (TPSA) is 45.8 Å². The molecule has 0 aliphatic rings. The molecule has 0 bridgehead atoms. The molecule has 2 heterocycles. The van der Waals surface area contributed by atoms with Crippen LogP contribution in [0.4, 0.5) is 0 Å². The number of aromatic nitrogens is 2. The molecule has 12 heavy (non-hydrogen) atoms. The van der Waals surface area contributed by atoms with Crippen molar-refractivity contribution in [3.8, 4) is 0 Å². The molecule has 0 unspecified atom stereocenters. The Hall–Kier alpha value is -1.16. The highest BCUT2D eigenvalue weighted by Crippen LogP contribution is 2.16. The lowest BCUT2D eigenvalue weighted by Crippen LogP contribution is -1.92. The zero-order valence-electron chi connectivity index (χ0n) is 6.63. The molecule has 4 heteroatoms. The lowest BCUT2D eigenvalue weighted by atomic mass is 10.2. The Balaban J connectivity index is 0.000000845. The van der Waals surface area contributed by atoms with Gasteiger partial charge in [-0.1, -0.05) is 18.3 Å². The molecule has 0 spiro atoms. The molecule has 0 fully saturated rings. The van der Waals surface area contributed by atoms with Gasteiger partial charge in [-0.15, -0.1) is 0 Å². The number of pyridine rings is 1. The van der Waals surface area contributed by atoms with E-state index < -0.39 is 0 Å². The molecule has 0 aliphatic heterocycles. The van der Waals surface area contributed by atoms with E-state index in [0.717, 1.165) is 22.2 Å². The molecule has 3 nitrogen and oxygen atoms in total. The molecule has 0 saturated carbocycles. The summed E-state index contributed by atoms with van der Waals surface area (Å²) >= 11 is 1.21. The number of rotatable bonds is 1. The summed E-state index contributed by atoms with van der Waals surface area (Å²) in [4.78, 5) is 17.8. The maximum absolute atomic E-state index is 11.0. The van der Waals surface area contributed by atoms with Gasteiger partial charge in [0, 0.05) is 13.8 Å². The van der Waals surface area contributed by atoms with Gasteiger partial charge in [0.05, 0.1) is 10.2 Å². The number of aromatic amines is 1. The van der Waals surface area contributed by atoms with Crippen molar-refractivity contribution in [2.75, 3.05) is 0 Å². The SMILES string of the molecule is CCc1cncc2sc(=O)[nH]c12.[HH]. The van der Waals surface area contributed by atoms with Gasteiger partial charge in [-0.25, -0.2) is 0 Å². The number of hydrogen-bond donors (Lipinski definition) is 1. The fourth-order valence-corrected chi connectivity index (χ4v) is 1.95.